The van der Waals surface area contributed by atoms with Crippen LogP contribution in [0.15, 0.2) is 72.9 Å². The number of benzene rings is 2. The molecule has 0 saturated heterocycles. The first-order valence-corrected chi connectivity index (χ1v) is 8.61. The molecule has 3 nitrogen and oxygen atoms in total. The molecule has 0 radical (unpaired) electrons. The fourth-order valence-corrected chi connectivity index (χ4v) is 3.12. The fourth-order valence-electron chi connectivity index (χ4n) is 2.93. The second kappa shape index (κ2) is 6.61. The standard InChI is InChI=1S/C21H18ClN3/c1-15-10-11-25-19(12-15)24-20(17-8-5-9-18(22)13-17)21(25)23-14-16-6-3-2-4-7-16/h2-13,23H,14H2,1H3. The molecule has 0 saturated carbocycles. The zero-order chi connectivity index (χ0) is 17.2. The SMILES string of the molecule is Cc1ccn2c(NCc3ccccc3)c(-c3cccc(Cl)c3)nc2c1. The molecule has 25 heavy (non-hydrogen) atoms. The van der Waals surface area contributed by atoms with Gasteiger partial charge in [0, 0.05) is 23.3 Å². The summed E-state index contributed by atoms with van der Waals surface area (Å²) in [7, 11) is 0. The van der Waals surface area contributed by atoms with Crippen molar-refractivity contribution in [1.82, 2.24) is 9.38 Å². The molecule has 4 aromatic rings. The van der Waals surface area contributed by atoms with Crippen molar-refractivity contribution < 1.29 is 0 Å². The lowest BCUT2D eigenvalue weighted by atomic mass is 10.1. The quantitative estimate of drug-likeness (QED) is 0.522. The maximum Gasteiger partial charge on any atom is 0.139 e. The van der Waals surface area contributed by atoms with Crippen molar-refractivity contribution in [3.8, 4) is 11.3 Å². The normalized spacial score (nSPS) is 11.0. The van der Waals surface area contributed by atoms with Crippen LogP contribution in [0.2, 0.25) is 5.02 Å². The van der Waals surface area contributed by atoms with E-state index in [1.807, 2.05) is 42.5 Å². The Balaban J connectivity index is 1.80. The van der Waals surface area contributed by atoms with Crippen LogP contribution in [0, 0.1) is 6.92 Å². The molecule has 2 aromatic heterocycles. The predicted molar refractivity (Wildman–Crippen MR) is 104 cm³/mol. The average molecular weight is 348 g/mol. The van der Waals surface area contributed by atoms with E-state index in [-0.39, 0.29) is 0 Å². The summed E-state index contributed by atoms with van der Waals surface area (Å²) in [5.41, 5.74) is 5.24. The van der Waals surface area contributed by atoms with Gasteiger partial charge in [-0.3, -0.25) is 4.40 Å². The Labute approximate surface area is 151 Å². The highest BCUT2D eigenvalue weighted by Crippen LogP contribution is 2.31. The van der Waals surface area contributed by atoms with E-state index in [0.29, 0.717) is 5.02 Å². The summed E-state index contributed by atoms with van der Waals surface area (Å²) >= 11 is 6.19. The third-order valence-corrected chi connectivity index (χ3v) is 4.42. The molecular weight excluding hydrogens is 330 g/mol. The number of aromatic nitrogens is 2. The van der Waals surface area contributed by atoms with E-state index >= 15 is 0 Å². The van der Waals surface area contributed by atoms with Crippen molar-refractivity contribution in [3.63, 3.8) is 0 Å². The van der Waals surface area contributed by atoms with E-state index in [1.54, 1.807) is 0 Å². The second-order valence-electron chi connectivity index (χ2n) is 6.09. The number of anilines is 1. The van der Waals surface area contributed by atoms with Gasteiger partial charge in [0.2, 0.25) is 0 Å². The molecule has 4 rings (SSSR count). The van der Waals surface area contributed by atoms with Crippen LogP contribution in [0.1, 0.15) is 11.1 Å². The van der Waals surface area contributed by atoms with Gasteiger partial charge in [0.15, 0.2) is 0 Å². The summed E-state index contributed by atoms with van der Waals surface area (Å²) in [5, 5.41) is 4.26. The van der Waals surface area contributed by atoms with Crippen LogP contribution < -0.4 is 5.32 Å². The van der Waals surface area contributed by atoms with Gasteiger partial charge < -0.3 is 5.32 Å². The van der Waals surface area contributed by atoms with E-state index < -0.39 is 0 Å². The Hall–Kier alpha value is -2.78. The molecule has 1 N–H and O–H groups in total. The van der Waals surface area contributed by atoms with Gasteiger partial charge in [-0.05, 0) is 42.3 Å². The van der Waals surface area contributed by atoms with E-state index in [4.69, 9.17) is 16.6 Å². The van der Waals surface area contributed by atoms with Gasteiger partial charge in [0.25, 0.3) is 0 Å². The number of nitrogens with one attached hydrogen (secondary N) is 1. The number of pyridine rings is 1. The Kier molecular flexibility index (Phi) is 4.16. The number of hydrogen-bond acceptors (Lipinski definition) is 2. The predicted octanol–water partition coefficient (Wildman–Crippen LogP) is 5.58. The van der Waals surface area contributed by atoms with Gasteiger partial charge in [-0.25, -0.2) is 4.98 Å². The molecule has 0 unspecified atom stereocenters. The number of nitrogens with zero attached hydrogens (tertiary/aromatic N) is 2. The van der Waals surface area contributed by atoms with E-state index in [9.17, 15) is 0 Å². The molecule has 0 amide bonds. The lowest BCUT2D eigenvalue weighted by molar-refractivity contribution is 1.08. The van der Waals surface area contributed by atoms with Crippen LogP contribution in [0.3, 0.4) is 0 Å². The Bertz CT molecular complexity index is 1020. The minimum Gasteiger partial charge on any atom is -0.365 e. The summed E-state index contributed by atoms with van der Waals surface area (Å²) < 4.78 is 2.09. The molecule has 0 atom stereocenters. The molecular formula is C21H18ClN3. The third kappa shape index (κ3) is 3.24. The number of rotatable bonds is 4. The summed E-state index contributed by atoms with van der Waals surface area (Å²) in [6.45, 7) is 2.81. The molecule has 0 aliphatic rings. The fraction of sp³-hybridized carbons (Fsp3) is 0.0952. The Morgan fingerprint density at radius 3 is 2.64 bits per heavy atom. The van der Waals surface area contributed by atoms with E-state index in [0.717, 1.165) is 29.3 Å². The second-order valence-corrected chi connectivity index (χ2v) is 6.53. The summed E-state index contributed by atoms with van der Waals surface area (Å²) in [6, 6.07) is 22.3. The largest absolute Gasteiger partial charge is 0.365 e. The highest BCUT2D eigenvalue weighted by atomic mass is 35.5. The van der Waals surface area contributed by atoms with Crippen molar-refractivity contribution >= 4 is 23.1 Å². The summed E-state index contributed by atoms with van der Waals surface area (Å²) in [4.78, 5) is 4.84. The van der Waals surface area contributed by atoms with Crippen molar-refractivity contribution in [2.24, 2.45) is 0 Å². The van der Waals surface area contributed by atoms with Crippen LogP contribution in [0.5, 0.6) is 0 Å². The number of aryl methyl sites for hydroxylation is 1. The topological polar surface area (TPSA) is 29.3 Å². The maximum absolute atomic E-state index is 6.19. The smallest absolute Gasteiger partial charge is 0.139 e. The highest BCUT2D eigenvalue weighted by Gasteiger charge is 2.14. The molecule has 4 heteroatoms. The molecule has 0 aliphatic heterocycles. The van der Waals surface area contributed by atoms with Crippen LogP contribution in [0.4, 0.5) is 5.82 Å². The number of fused-ring (bicyclic) bond motifs is 1. The van der Waals surface area contributed by atoms with Crippen molar-refractivity contribution in [2.45, 2.75) is 13.5 Å². The van der Waals surface area contributed by atoms with Crippen LogP contribution in [0.25, 0.3) is 16.9 Å². The first-order valence-electron chi connectivity index (χ1n) is 8.23. The molecule has 2 heterocycles. The first kappa shape index (κ1) is 15.7. The van der Waals surface area contributed by atoms with Crippen molar-refractivity contribution in [1.29, 1.82) is 0 Å². The van der Waals surface area contributed by atoms with Crippen molar-refractivity contribution in [2.75, 3.05) is 5.32 Å². The van der Waals surface area contributed by atoms with Gasteiger partial charge in [-0.1, -0.05) is 54.1 Å². The number of imidazole rings is 1. The monoisotopic (exact) mass is 347 g/mol. The average Bonchev–Trinajstić information content (AvgIpc) is 2.98. The molecule has 0 spiro atoms. The lowest BCUT2D eigenvalue weighted by Crippen LogP contribution is -2.03. The zero-order valence-electron chi connectivity index (χ0n) is 13.9. The minimum atomic E-state index is 0.708. The minimum absolute atomic E-state index is 0.708. The number of hydrogen-bond donors (Lipinski definition) is 1. The van der Waals surface area contributed by atoms with Crippen molar-refractivity contribution in [3.05, 3.63) is 89.1 Å². The molecule has 124 valence electrons. The van der Waals surface area contributed by atoms with Crippen LogP contribution >= 0.6 is 11.6 Å². The van der Waals surface area contributed by atoms with Crippen LogP contribution in [-0.4, -0.2) is 9.38 Å². The van der Waals surface area contributed by atoms with Crippen LogP contribution in [-0.2, 0) is 6.54 Å². The summed E-state index contributed by atoms with van der Waals surface area (Å²) in [5.74, 6) is 0.973. The first-order chi connectivity index (χ1) is 12.2. The van der Waals surface area contributed by atoms with Gasteiger partial charge in [0.05, 0.1) is 0 Å². The zero-order valence-corrected chi connectivity index (χ0v) is 14.7. The van der Waals surface area contributed by atoms with Gasteiger partial charge >= 0.3 is 0 Å². The van der Waals surface area contributed by atoms with Gasteiger partial charge in [0.1, 0.15) is 17.2 Å². The molecule has 0 fully saturated rings. The Morgan fingerprint density at radius 1 is 1.00 bits per heavy atom. The molecule has 2 aromatic carbocycles. The van der Waals surface area contributed by atoms with Gasteiger partial charge in [-0.2, -0.15) is 0 Å². The van der Waals surface area contributed by atoms with E-state index in [2.05, 4.69) is 47.1 Å². The lowest BCUT2D eigenvalue weighted by Gasteiger charge is -2.09. The third-order valence-electron chi connectivity index (χ3n) is 4.18. The maximum atomic E-state index is 6.19. The number of halogens is 1. The highest BCUT2D eigenvalue weighted by molar-refractivity contribution is 6.30. The van der Waals surface area contributed by atoms with Gasteiger partial charge in [-0.15, -0.1) is 0 Å². The molecule has 0 aliphatic carbocycles. The molecule has 0 bridgehead atoms. The van der Waals surface area contributed by atoms with E-state index in [1.165, 1.54) is 11.1 Å². The Morgan fingerprint density at radius 2 is 1.84 bits per heavy atom. The summed E-state index contributed by atoms with van der Waals surface area (Å²) in [6.07, 6.45) is 2.05.